The SMILES string of the molecule is CC(C)(C)c1ccc([Si]2(C(C)(C)C)c3ccccc3N(c3ccc(Br)cc3)c3cc(C(C)(C)C)ccc32)cc1. The maximum absolute atomic E-state index is 3.65. The molecule has 0 saturated carbocycles. The number of rotatable bonds is 2. The highest BCUT2D eigenvalue weighted by atomic mass is 79.9. The van der Waals surface area contributed by atoms with Gasteiger partial charge in [-0.1, -0.05) is 133 Å². The van der Waals surface area contributed by atoms with Crippen LogP contribution in [0.5, 0.6) is 0 Å². The summed E-state index contributed by atoms with van der Waals surface area (Å²) in [7, 11) is -2.50. The molecule has 0 saturated heterocycles. The first kappa shape index (κ1) is 27.9. The molecule has 1 aliphatic heterocycles. The maximum atomic E-state index is 3.65. The van der Waals surface area contributed by atoms with Gasteiger partial charge in [0.25, 0.3) is 0 Å². The van der Waals surface area contributed by atoms with E-state index in [9.17, 15) is 0 Å². The molecule has 1 aliphatic rings. The molecule has 202 valence electrons. The molecule has 0 fully saturated rings. The summed E-state index contributed by atoms with van der Waals surface area (Å²) in [6, 6.07) is 35.0. The molecule has 5 rings (SSSR count). The second-order valence-electron chi connectivity index (χ2n) is 14.1. The Hall–Kier alpha value is -2.62. The van der Waals surface area contributed by atoms with Crippen LogP contribution in [0, 0.1) is 0 Å². The highest BCUT2D eigenvalue weighted by molar-refractivity contribution is 9.10. The van der Waals surface area contributed by atoms with Gasteiger partial charge >= 0.3 is 0 Å². The third-order valence-corrected chi connectivity index (χ3v) is 14.9. The Morgan fingerprint density at radius 3 is 1.67 bits per heavy atom. The van der Waals surface area contributed by atoms with Crippen molar-refractivity contribution in [3.05, 3.63) is 107 Å². The third-order valence-electron chi connectivity index (χ3n) is 8.45. The van der Waals surface area contributed by atoms with E-state index in [0.29, 0.717) is 0 Å². The van der Waals surface area contributed by atoms with Gasteiger partial charge in [-0.15, -0.1) is 0 Å². The monoisotopic (exact) mass is 595 g/mol. The third kappa shape index (κ3) is 4.62. The Morgan fingerprint density at radius 1 is 0.564 bits per heavy atom. The van der Waals surface area contributed by atoms with Crippen LogP contribution in [0.15, 0.2) is 95.5 Å². The van der Waals surface area contributed by atoms with E-state index in [4.69, 9.17) is 0 Å². The highest BCUT2D eigenvalue weighted by Crippen LogP contribution is 2.46. The van der Waals surface area contributed by atoms with Crippen LogP contribution in [0.25, 0.3) is 0 Å². The fourth-order valence-electron chi connectivity index (χ4n) is 6.40. The van der Waals surface area contributed by atoms with E-state index < -0.39 is 8.07 Å². The molecular weight excluding hydrogens is 554 g/mol. The van der Waals surface area contributed by atoms with Crippen LogP contribution >= 0.6 is 15.9 Å². The summed E-state index contributed by atoms with van der Waals surface area (Å²) in [5.41, 5.74) is 6.74. The Kier molecular flexibility index (Phi) is 6.79. The van der Waals surface area contributed by atoms with Crippen molar-refractivity contribution in [1.82, 2.24) is 0 Å². The molecule has 0 aliphatic carbocycles. The van der Waals surface area contributed by atoms with Crippen LogP contribution in [-0.2, 0) is 10.8 Å². The zero-order valence-electron chi connectivity index (χ0n) is 25.0. The van der Waals surface area contributed by atoms with E-state index in [0.717, 1.165) is 4.47 Å². The summed E-state index contributed by atoms with van der Waals surface area (Å²) in [4.78, 5) is 2.51. The van der Waals surface area contributed by atoms with Crippen molar-refractivity contribution in [2.75, 3.05) is 4.90 Å². The van der Waals surface area contributed by atoms with Crippen LogP contribution in [0.3, 0.4) is 0 Å². The molecule has 1 atom stereocenters. The molecule has 4 aromatic carbocycles. The average Bonchev–Trinajstić information content (AvgIpc) is 2.86. The van der Waals surface area contributed by atoms with Gasteiger partial charge in [0.1, 0.15) is 0 Å². The van der Waals surface area contributed by atoms with Crippen molar-refractivity contribution in [2.24, 2.45) is 0 Å². The molecule has 0 N–H and O–H groups in total. The topological polar surface area (TPSA) is 3.24 Å². The molecule has 1 nitrogen and oxygen atoms in total. The average molecular weight is 597 g/mol. The van der Waals surface area contributed by atoms with Gasteiger partial charge in [0, 0.05) is 21.5 Å². The van der Waals surface area contributed by atoms with Gasteiger partial charge in [0.15, 0.2) is 8.07 Å². The highest BCUT2D eigenvalue weighted by Gasteiger charge is 2.54. The summed E-state index contributed by atoms with van der Waals surface area (Å²) in [5.74, 6) is 0. The van der Waals surface area contributed by atoms with E-state index >= 15 is 0 Å². The van der Waals surface area contributed by atoms with Crippen molar-refractivity contribution in [3.8, 4) is 0 Å². The lowest BCUT2D eigenvalue weighted by molar-refractivity contribution is 0.590. The molecule has 0 bridgehead atoms. The number of hydrogen-bond acceptors (Lipinski definition) is 1. The lowest BCUT2D eigenvalue weighted by atomic mass is 9.86. The smallest absolute Gasteiger partial charge is 0.158 e. The number of hydrogen-bond donors (Lipinski definition) is 0. The molecule has 1 heterocycles. The van der Waals surface area contributed by atoms with Gasteiger partial charge in [-0.3, -0.25) is 0 Å². The second-order valence-corrected chi connectivity index (χ2v) is 19.7. The van der Waals surface area contributed by atoms with Gasteiger partial charge in [0.2, 0.25) is 0 Å². The van der Waals surface area contributed by atoms with Gasteiger partial charge in [-0.05, 0) is 79.0 Å². The van der Waals surface area contributed by atoms with Crippen molar-refractivity contribution >= 4 is 56.6 Å². The van der Waals surface area contributed by atoms with Gasteiger partial charge in [0.05, 0.1) is 0 Å². The first-order valence-electron chi connectivity index (χ1n) is 14.1. The molecule has 39 heavy (non-hydrogen) atoms. The molecule has 0 radical (unpaired) electrons. The largest absolute Gasteiger partial charge is 0.311 e. The van der Waals surface area contributed by atoms with E-state index in [-0.39, 0.29) is 15.9 Å². The number of nitrogens with zero attached hydrogens (tertiary/aromatic N) is 1. The minimum Gasteiger partial charge on any atom is -0.311 e. The fourth-order valence-corrected chi connectivity index (χ4v) is 12.6. The zero-order chi connectivity index (χ0) is 28.4. The molecule has 0 spiro atoms. The number of fused-ring (bicyclic) bond motifs is 2. The molecule has 3 heteroatoms. The van der Waals surface area contributed by atoms with E-state index in [1.54, 1.807) is 0 Å². The summed E-state index contributed by atoms with van der Waals surface area (Å²) in [6.45, 7) is 21.2. The van der Waals surface area contributed by atoms with Crippen molar-refractivity contribution < 1.29 is 0 Å². The second kappa shape index (κ2) is 9.49. The predicted molar refractivity (Wildman–Crippen MR) is 177 cm³/mol. The number of benzene rings is 4. The molecule has 1 unspecified atom stereocenters. The number of para-hydroxylation sites is 1. The van der Waals surface area contributed by atoms with Crippen molar-refractivity contribution in [3.63, 3.8) is 0 Å². The van der Waals surface area contributed by atoms with Crippen LogP contribution in [-0.4, -0.2) is 8.07 Å². The predicted octanol–water partition coefficient (Wildman–Crippen LogP) is 9.10. The van der Waals surface area contributed by atoms with Crippen LogP contribution in [0.2, 0.25) is 5.04 Å². The van der Waals surface area contributed by atoms with Gasteiger partial charge < -0.3 is 4.90 Å². The van der Waals surface area contributed by atoms with Crippen LogP contribution in [0.1, 0.15) is 73.4 Å². The molecule has 0 aromatic heterocycles. The first-order chi connectivity index (χ1) is 18.2. The molecule has 4 aromatic rings. The fraction of sp³-hybridized carbons (Fsp3) is 0.333. The minimum absolute atomic E-state index is 0.0379. The Morgan fingerprint density at radius 2 is 1.10 bits per heavy atom. The minimum atomic E-state index is -2.50. The molecular formula is C36H42BrNSi. The Balaban J connectivity index is 1.91. The lowest BCUT2D eigenvalue weighted by Crippen LogP contribution is -2.74. The lowest BCUT2D eigenvalue weighted by Gasteiger charge is -2.51. The van der Waals surface area contributed by atoms with Gasteiger partial charge in [-0.25, -0.2) is 0 Å². The Bertz CT molecular complexity index is 1500. The summed E-state index contributed by atoms with van der Waals surface area (Å²) in [6.07, 6.45) is 0. The van der Waals surface area contributed by atoms with Gasteiger partial charge in [-0.2, -0.15) is 0 Å². The van der Waals surface area contributed by atoms with Crippen LogP contribution in [0.4, 0.5) is 17.1 Å². The summed E-state index contributed by atoms with van der Waals surface area (Å²) >= 11 is 3.65. The molecule has 0 amide bonds. The summed E-state index contributed by atoms with van der Waals surface area (Å²) < 4.78 is 1.09. The summed E-state index contributed by atoms with van der Waals surface area (Å²) in [5, 5.41) is 4.50. The number of halogens is 1. The van der Waals surface area contributed by atoms with Crippen LogP contribution < -0.4 is 20.5 Å². The van der Waals surface area contributed by atoms with Crippen molar-refractivity contribution in [2.45, 2.75) is 78.2 Å². The standard InChI is InChI=1S/C36H42BrNSi/c1-34(2,3)25-14-21-29(22-15-25)39(36(7,8)9)32-13-11-10-12-30(32)38(28-19-17-27(37)18-20-28)31-24-26(35(4,5)6)16-23-33(31)39/h10-24H,1-9H3. The van der Waals surface area contributed by atoms with E-state index in [2.05, 4.69) is 174 Å². The quantitative estimate of drug-likeness (QED) is 0.209. The van der Waals surface area contributed by atoms with E-state index in [1.165, 1.54) is 43.7 Å². The van der Waals surface area contributed by atoms with Crippen molar-refractivity contribution in [1.29, 1.82) is 0 Å². The number of anilines is 3. The van der Waals surface area contributed by atoms with E-state index in [1.807, 2.05) is 0 Å². The Labute approximate surface area is 245 Å². The first-order valence-corrected chi connectivity index (χ1v) is 16.9. The zero-order valence-corrected chi connectivity index (χ0v) is 27.6. The normalized spacial score (nSPS) is 17.5. The maximum Gasteiger partial charge on any atom is 0.158 e.